The van der Waals surface area contributed by atoms with Crippen LogP contribution < -0.4 is 16.4 Å². The third-order valence-electron chi connectivity index (χ3n) is 3.87. The molecule has 3 rings (SSSR count). The lowest BCUT2D eigenvalue weighted by Gasteiger charge is -2.09. The topological polar surface area (TPSA) is 97.1 Å². The molecule has 0 saturated carbocycles. The van der Waals surface area contributed by atoms with E-state index in [9.17, 15) is 9.59 Å². The molecule has 3 aromatic rings. The zero-order chi connectivity index (χ0) is 19.2. The first-order chi connectivity index (χ1) is 13.0. The highest BCUT2D eigenvalue weighted by Crippen LogP contribution is 2.18. The Labute approximate surface area is 161 Å². The highest BCUT2D eigenvalue weighted by atomic mass is 35.5. The Morgan fingerprint density at radius 2 is 1.63 bits per heavy atom. The van der Waals surface area contributed by atoms with Crippen LogP contribution >= 0.6 is 11.6 Å². The number of carbonyl (C=O) groups is 2. The molecule has 4 N–H and O–H groups in total. The number of pyridine rings is 1. The Balaban J connectivity index is 1.58. The highest BCUT2D eigenvalue weighted by Gasteiger charge is 2.09. The largest absolute Gasteiger partial charge is 0.397 e. The molecule has 2 amide bonds. The van der Waals surface area contributed by atoms with Crippen LogP contribution in [0.2, 0.25) is 5.15 Å². The van der Waals surface area contributed by atoms with Crippen molar-refractivity contribution >= 4 is 34.8 Å². The van der Waals surface area contributed by atoms with E-state index in [1.54, 1.807) is 60.7 Å². The Morgan fingerprint density at radius 1 is 0.926 bits per heavy atom. The summed E-state index contributed by atoms with van der Waals surface area (Å²) >= 11 is 5.71. The third kappa shape index (κ3) is 4.83. The van der Waals surface area contributed by atoms with Crippen molar-refractivity contribution in [2.75, 3.05) is 11.1 Å². The van der Waals surface area contributed by atoms with E-state index in [2.05, 4.69) is 15.6 Å². The summed E-state index contributed by atoms with van der Waals surface area (Å²) in [6.07, 6.45) is 1.42. The van der Waals surface area contributed by atoms with Crippen molar-refractivity contribution in [1.82, 2.24) is 10.3 Å². The van der Waals surface area contributed by atoms with Crippen molar-refractivity contribution in [3.8, 4) is 0 Å². The maximum absolute atomic E-state index is 12.3. The molecule has 2 aromatic carbocycles. The summed E-state index contributed by atoms with van der Waals surface area (Å²) in [4.78, 5) is 28.2. The van der Waals surface area contributed by atoms with Gasteiger partial charge in [-0.25, -0.2) is 4.98 Å². The molecule has 27 heavy (non-hydrogen) atoms. The minimum absolute atomic E-state index is 0.250. The normalized spacial score (nSPS) is 10.3. The van der Waals surface area contributed by atoms with Crippen molar-refractivity contribution < 1.29 is 9.59 Å². The molecule has 0 unspecified atom stereocenters. The van der Waals surface area contributed by atoms with E-state index in [-0.39, 0.29) is 11.8 Å². The Hall–Kier alpha value is -3.38. The molecule has 6 nitrogen and oxygen atoms in total. The van der Waals surface area contributed by atoms with Gasteiger partial charge in [-0.15, -0.1) is 0 Å². The first-order valence-corrected chi connectivity index (χ1v) is 8.55. The molecule has 1 heterocycles. The summed E-state index contributed by atoms with van der Waals surface area (Å²) in [5.74, 6) is -0.503. The van der Waals surface area contributed by atoms with Gasteiger partial charge in [0.15, 0.2) is 0 Å². The molecule has 136 valence electrons. The predicted octanol–water partition coefficient (Wildman–Crippen LogP) is 3.50. The van der Waals surface area contributed by atoms with Crippen molar-refractivity contribution in [2.45, 2.75) is 6.54 Å². The van der Waals surface area contributed by atoms with Gasteiger partial charge in [-0.1, -0.05) is 35.9 Å². The number of anilines is 2. The van der Waals surface area contributed by atoms with E-state index in [4.69, 9.17) is 17.3 Å². The average Bonchev–Trinajstić information content (AvgIpc) is 2.69. The molecular weight excluding hydrogens is 364 g/mol. The van der Waals surface area contributed by atoms with E-state index in [0.717, 1.165) is 5.56 Å². The molecule has 0 aliphatic carbocycles. The van der Waals surface area contributed by atoms with Crippen LogP contribution in [0.3, 0.4) is 0 Å². The minimum atomic E-state index is -0.254. The van der Waals surface area contributed by atoms with E-state index in [1.165, 1.54) is 6.20 Å². The highest BCUT2D eigenvalue weighted by molar-refractivity contribution is 6.29. The van der Waals surface area contributed by atoms with Gasteiger partial charge in [0, 0.05) is 18.3 Å². The number of hydrogen-bond donors (Lipinski definition) is 3. The van der Waals surface area contributed by atoms with Crippen LogP contribution in [-0.4, -0.2) is 16.8 Å². The lowest BCUT2D eigenvalue weighted by molar-refractivity contribution is 0.0949. The number of para-hydroxylation sites is 2. The van der Waals surface area contributed by atoms with E-state index in [0.29, 0.717) is 34.2 Å². The van der Waals surface area contributed by atoms with Crippen LogP contribution in [0, 0.1) is 0 Å². The number of carbonyl (C=O) groups excluding carboxylic acids is 2. The summed E-state index contributed by atoms with van der Waals surface area (Å²) in [6.45, 7) is 0.328. The van der Waals surface area contributed by atoms with Gasteiger partial charge in [0.2, 0.25) is 0 Å². The summed E-state index contributed by atoms with van der Waals surface area (Å²) < 4.78 is 0. The summed E-state index contributed by atoms with van der Waals surface area (Å²) in [7, 11) is 0. The SMILES string of the molecule is Nc1ccccc1NC(=O)c1ccc(CNC(=O)c2ccc(Cl)nc2)cc1. The second-order valence-electron chi connectivity index (χ2n) is 5.79. The van der Waals surface area contributed by atoms with Crippen molar-refractivity contribution in [3.63, 3.8) is 0 Å². The van der Waals surface area contributed by atoms with Crippen molar-refractivity contribution in [1.29, 1.82) is 0 Å². The van der Waals surface area contributed by atoms with Gasteiger partial charge in [-0.3, -0.25) is 9.59 Å². The van der Waals surface area contributed by atoms with Gasteiger partial charge in [0.05, 0.1) is 16.9 Å². The van der Waals surface area contributed by atoms with Crippen LogP contribution in [0.4, 0.5) is 11.4 Å². The second-order valence-corrected chi connectivity index (χ2v) is 6.18. The maximum atomic E-state index is 12.3. The second kappa shape index (κ2) is 8.33. The third-order valence-corrected chi connectivity index (χ3v) is 4.09. The van der Waals surface area contributed by atoms with Gasteiger partial charge in [-0.2, -0.15) is 0 Å². The number of amides is 2. The van der Waals surface area contributed by atoms with Crippen LogP contribution in [0.15, 0.2) is 66.9 Å². The van der Waals surface area contributed by atoms with Crippen LogP contribution in [0.5, 0.6) is 0 Å². The number of rotatable bonds is 5. The fraction of sp³-hybridized carbons (Fsp3) is 0.0500. The summed E-state index contributed by atoms with van der Waals surface area (Å²) in [6, 6.07) is 17.2. The average molecular weight is 381 g/mol. The molecule has 0 atom stereocenters. The zero-order valence-electron chi connectivity index (χ0n) is 14.3. The molecule has 0 bridgehead atoms. The first-order valence-electron chi connectivity index (χ1n) is 8.17. The number of hydrogen-bond acceptors (Lipinski definition) is 4. The van der Waals surface area contributed by atoms with Gasteiger partial charge in [0.1, 0.15) is 5.15 Å². The van der Waals surface area contributed by atoms with Gasteiger partial charge < -0.3 is 16.4 Å². The van der Waals surface area contributed by atoms with Crippen LogP contribution in [0.25, 0.3) is 0 Å². The van der Waals surface area contributed by atoms with E-state index < -0.39 is 0 Å². The number of nitrogen functional groups attached to an aromatic ring is 1. The van der Waals surface area contributed by atoms with Gasteiger partial charge >= 0.3 is 0 Å². The lowest BCUT2D eigenvalue weighted by atomic mass is 10.1. The Bertz CT molecular complexity index is 956. The number of halogens is 1. The predicted molar refractivity (Wildman–Crippen MR) is 106 cm³/mol. The number of aromatic nitrogens is 1. The molecule has 0 saturated heterocycles. The monoisotopic (exact) mass is 380 g/mol. The minimum Gasteiger partial charge on any atom is -0.397 e. The maximum Gasteiger partial charge on any atom is 0.255 e. The standard InChI is InChI=1S/C20H17ClN4O2/c21-18-10-9-15(12-23-18)19(26)24-11-13-5-7-14(8-6-13)20(27)25-17-4-2-1-3-16(17)22/h1-10,12H,11,22H2,(H,24,26)(H,25,27). The van der Waals surface area contributed by atoms with Gasteiger partial charge in [-0.05, 0) is 42.0 Å². The smallest absolute Gasteiger partial charge is 0.255 e. The molecule has 1 aromatic heterocycles. The van der Waals surface area contributed by atoms with E-state index >= 15 is 0 Å². The molecule has 0 aliphatic rings. The van der Waals surface area contributed by atoms with Crippen LogP contribution in [0.1, 0.15) is 26.3 Å². The number of nitrogens with zero attached hydrogens (tertiary/aromatic N) is 1. The fourth-order valence-corrected chi connectivity index (χ4v) is 2.49. The fourth-order valence-electron chi connectivity index (χ4n) is 2.37. The summed E-state index contributed by atoms with van der Waals surface area (Å²) in [5, 5.41) is 5.89. The summed E-state index contributed by atoms with van der Waals surface area (Å²) in [5.41, 5.74) is 8.68. The molecule has 0 aliphatic heterocycles. The number of nitrogens with two attached hydrogens (primary N) is 1. The molecule has 0 fully saturated rings. The molecule has 0 spiro atoms. The number of benzene rings is 2. The number of nitrogens with one attached hydrogen (secondary N) is 2. The molecule has 7 heteroatoms. The first kappa shape index (κ1) is 18.4. The van der Waals surface area contributed by atoms with Crippen molar-refractivity contribution in [2.24, 2.45) is 0 Å². The van der Waals surface area contributed by atoms with Crippen LogP contribution in [-0.2, 0) is 6.54 Å². The zero-order valence-corrected chi connectivity index (χ0v) is 15.0. The molecular formula is C20H17ClN4O2. The van der Waals surface area contributed by atoms with Gasteiger partial charge in [0.25, 0.3) is 11.8 Å². The van der Waals surface area contributed by atoms with Crippen molar-refractivity contribution in [3.05, 3.63) is 88.7 Å². The molecule has 0 radical (unpaired) electrons. The Kier molecular flexibility index (Phi) is 5.68. The quantitative estimate of drug-likeness (QED) is 0.466. The Morgan fingerprint density at radius 3 is 2.30 bits per heavy atom. The lowest BCUT2D eigenvalue weighted by Crippen LogP contribution is -2.23. The van der Waals surface area contributed by atoms with E-state index in [1.807, 2.05) is 0 Å².